The molecular formula is C16H17ClFNO. The molecule has 0 bridgehead atoms. The lowest BCUT2D eigenvalue weighted by Crippen LogP contribution is -2.13. The number of nitrogens with two attached hydrogens (primary N) is 1. The molecule has 0 radical (unpaired) electrons. The summed E-state index contributed by atoms with van der Waals surface area (Å²) in [6.45, 7) is 2.55. The number of hydrogen-bond acceptors (Lipinski definition) is 2. The molecule has 0 amide bonds. The van der Waals surface area contributed by atoms with E-state index < -0.39 is 5.82 Å². The zero-order chi connectivity index (χ0) is 14.5. The maximum absolute atomic E-state index is 13.4. The van der Waals surface area contributed by atoms with Crippen LogP contribution in [0.25, 0.3) is 0 Å². The van der Waals surface area contributed by atoms with Crippen LogP contribution in [0.5, 0.6) is 5.75 Å². The summed E-state index contributed by atoms with van der Waals surface area (Å²) in [6, 6.07) is 12.2. The standard InChI is InChI=1S/C16H17ClFNO/c1-2-20-13-5-3-4-12(10-13)16(19)9-11-6-7-14(17)15(18)8-11/h3-8,10,16H,2,9,19H2,1H3. The van der Waals surface area contributed by atoms with Crippen molar-refractivity contribution >= 4 is 11.6 Å². The largest absolute Gasteiger partial charge is 0.494 e. The summed E-state index contributed by atoms with van der Waals surface area (Å²) in [5.41, 5.74) is 7.95. The molecule has 0 saturated carbocycles. The Balaban J connectivity index is 2.12. The molecular weight excluding hydrogens is 277 g/mol. The Morgan fingerprint density at radius 1 is 1.25 bits per heavy atom. The highest BCUT2D eigenvalue weighted by atomic mass is 35.5. The maximum atomic E-state index is 13.4. The molecule has 0 aliphatic rings. The molecule has 2 aromatic carbocycles. The summed E-state index contributed by atoms with van der Waals surface area (Å²) < 4.78 is 18.9. The average Bonchev–Trinajstić information content (AvgIpc) is 2.43. The van der Waals surface area contributed by atoms with E-state index in [0.29, 0.717) is 13.0 Å². The molecule has 1 atom stereocenters. The minimum atomic E-state index is -0.417. The van der Waals surface area contributed by atoms with Crippen molar-refractivity contribution in [3.63, 3.8) is 0 Å². The zero-order valence-corrected chi connectivity index (χ0v) is 12.0. The summed E-state index contributed by atoms with van der Waals surface area (Å²) in [4.78, 5) is 0. The molecule has 0 aromatic heterocycles. The van der Waals surface area contributed by atoms with Crippen LogP contribution in [0.15, 0.2) is 42.5 Å². The second-order valence-electron chi connectivity index (χ2n) is 4.56. The normalized spacial score (nSPS) is 12.2. The van der Waals surface area contributed by atoms with Gasteiger partial charge in [-0.25, -0.2) is 4.39 Å². The minimum absolute atomic E-state index is 0.126. The van der Waals surface area contributed by atoms with Gasteiger partial charge in [0.1, 0.15) is 11.6 Å². The van der Waals surface area contributed by atoms with Gasteiger partial charge in [-0.3, -0.25) is 0 Å². The van der Waals surface area contributed by atoms with E-state index >= 15 is 0 Å². The molecule has 2 nitrogen and oxygen atoms in total. The lowest BCUT2D eigenvalue weighted by molar-refractivity contribution is 0.339. The van der Waals surface area contributed by atoms with Crippen LogP contribution in [-0.2, 0) is 6.42 Å². The Kier molecular flexibility index (Phi) is 4.99. The molecule has 106 valence electrons. The Labute approximate surface area is 123 Å². The highest BCUT2D eigenvalue weighted by molar-refractivity contribution is 6.30. The SMILES string of the molecule is CCOc1cccc(C(N)Cc2ccc(Cl)c(F)c2)c1. The number of hydrogen-bond donors (Lipinski definition) is 1. The fourth-order valence-electron chi connectivity index (χ4n) is 2.04. The first-order chi connectivity index (χ1) is 9.60. The first-order valence-corrected chi connectivity index (χ1v) is 6.90. The van der Waals surface area contributed by atoms with Gasteiger partial charge in [0.2, 0.25) is 0 Å². The molecule has 2 aromatic rings. The molecule has 1 unspecified atom stereocenters. The van der Waals surface area contributed by atoms with E-state index in [0.717, 1.165) is 16.9 Å². The van der Waals surface area contributed by atoms with Crippen LogP contribution in [0.1, 0.15) is 24.1 Å². The van der Waals surface area contributed by atoms with Gasteiger partial charge in [-0.1, -0.05) is 29.8 Å². The van der Waals surface area contributed by atoms with Crippen molar-refractivity contribution in [3.8, 4) is 5.75 Å². The van der Waals surface area contributed by atoms with Crippen LogP contribution >= 0.6 is 11.6 Å². The first kappa shape index (κ1) is 14.8. The Morgan fingerprint density at radius 3 is 2.75 bits per heavy atom. The molecule has 4 heteroatoms. The fourth-order valence-corrected chi connectivity index (χ4v) is 2.16. The van der Waals surface area contributed by atoms with E-state index in [9.17, 15) is 4.39 Å². The molecule has 2 rings (SSSR count). The monoisotopic (exact) mass is 293 g/mol. The van der Waals surface area contributed by atoms with Crippen LogP contribution in [0, 0.1) is 5.82 Å². The van der Waals surface area contributed by atoms with Crippen molar-refractivity contribution in [2.24, 2.45) is 5.73 Å². The molecule has 0 fully saturated rings. The van der Waals surface area contributed by atoms with Crippen molar-refractivity contribution in [1.82, 2.24) is 0 Å². The number of halogens is 2. The lowest BCUT2D eigenvalue weighted by atomic mass is 9.99. The van der Waals surface area contributed by atoms with E-state index in [2.05, 4.69) is 0 Å². The molecule has 20 heavy (non-hydrogen) atoms. The third-order valence-corrected chi connectivity index (χ3v) is 3.34. The van der Waals surface area contributed by atoms with Crippen molar-refractivity contribution in [3.05, 3.63) is 64.4 Å². The first-order valence-electron chi connectivity index (χ1n) is 6.52. The predicted octanol–water partition coefficient (Wildman–Crippen LogP) is 4.12. The highest BCUT2D eigenvalue weighted by Gasteiger charge is 2.10. The van der Waals surface area contributed by atoms with Crippen LogP contribution in [0.4, 0.5) is 4.39 Å². The quantitative estimate of drug-likeness (QED) is 0.900. The van der Waals surface area contributed by atoms with Gasteiger partial charge in [-0.15, -0.1) is 0 Å². The van der Waals surface area contributed by atoms with Gasteiger partial charge in [0.15, 0.2) is 0 Å². The van der Waals surface area contributed by atoms with Gasteiger partial charge in [0.25, 0.3) is 0 Å². The summed E-state index contributed by atoms with van der Waals surface area (Å²) in [5, 5.41) is 0.126. The van der Waals surface area contributed by atoms with Gasteiger partial charge in [0.05, 0.1) is 11.6 Å². The summed E-state index contributed by atoms with van der Waals surface area (Å²) in [5.74, 6) is 0.377. The molecule has 0 saturated heterocycles. The molecule has 0 aliphatic heterocycles. The second-order valence-corrected chi connectivity index (χ2v) is 4.97. The Hall–Kier alpha value is -1.58. The van der Waals surface area contributed by atoms with Crippen LogP contribution < -0.4 is 10.5 Å². The third-order valence-electron chi connectivity index (χ3n) is 3.04. The minimum Gasteiger partial charge on any atom is -0.494 e. The third kappa shape index (κ3) is 3.71. The number of benzene rings is 2. The van der Waals surface area contributed by atoms with E-state index in [-0.39, 0.29) is 11.1 Å². The van der Waals surface area contributed by atoms with Crippen LogP contribution in [-0.4, -0.2) is 6.61 Å². The van der Waals surface area contributed by atoms with Crippen molar-refractivity contribution in [2.45, 2.75) is 19.4 Å². The number of rotatable bonds is 5. The van der Waals surface area contributed by atoms with Crippen molar-refractivity contribution in [2.75, 3.05) is 6.61 Å². The summed E-state index contributed by atoms with van der Waals surface area (Å²) in [6.07, 6.45) is 0.545. The summed E-state index contributed by atoms with van der Waals surface area (Å²) >= 11 is 5.67. The van der Waals surface area contributed by atoms with Gasteiger partial charge in [0, 0.05) is 6.04 Å². The predicted molar refractivity (Wildman–Crippen MR) is 79.7 cm³/mol. The van der Waals surface area contributed by atoms with Crippen molar-refractivity contribution < 1.29 is 9.13 Å². The van der Waals surface area contributed by atoms with E-state index in [1.54, 1.807) is 12.1 Å². The van der Waals surface area contributed by atoms with Gasteiger partial charge in [-0.05, 0) is 48.7 Å². The van der Waals surface area contributed by atoms with Crippen molar-refractivity contribution in [1.29, 1.82) is 0 Å². The number of ether oxygens (including phenoxy) is 1. The van der Waals surface area contributed by atoms with Gasteiger partial charge < -0.3 is 10.5 Å². The Morgan fingerprint density at radius 2 is 2.05 bits per heavy atom. The average molecular weight is 294 g/mol. The van der Waals surface area contributed by atoms with E-state index in [1.165, 1.54) is 6.07 Å². The van der Waals surface area contributed by atoms with Gasteiger partial charge >= 0.3 is 0 Å². The lowest BCUT2D eigenvalue weighted by Gasteiger charge is -2.14. The summed E-state index contributed by atoms with van der Waals surface area (Å²) in [7, 11) is 0. The Bertz CT molecular complexity index is 588. The molecule has 2 N–H and O–H groups in total. The zero-order valence-electron chi connectivity index (χ0n) is 11.3. The van der Waals surface area contributed by atoms with Crippen LogP contribution in [0.2, 0.25) is 5.02 Å². The van der Waals surface area contributed by atoms with E-state index in [4.69, 9.17) is 22.1 Å². The topological polar surface area (TPSA) is 35.2 Å². The maximum Gasteiger partial charge on any atom is 0.142 e. The molecule has 0 aliphatic carbocycles. The van der Waals surface area contributed by atoms with E-state index in [1.807, 2.05) is 31.2 Å². The van der Waals surface area contributed by atoms with Crippen LogP contribution in [0.3, 0.4) is 0 Å². The molecule has 0 heterocycles. The van der Waals surface area contributed by atoms with Gasteiger partial charge in [-0.2, -0.15) is 0 Å². The highest BCUT2D eigenvalue weighted by Crippen LogP contribution is 2.23. The molecule has 0 spiro atoms. The fraction of sp³-hybridized carbons (Fsp3) is 0.250. The smallest absolute Gasteiger partial charge is 0.142 e. The second kappa shape index (κ2) is 6.73.